The summed E-state index contributed by atoms with van der Waals surface area (Å²) in [6.07, 6.45) is -2.06. The Morgan fingerprint density at radius 3 is 1.93 bits per heavy atom. The Kier molecular flexibility index (Phi) is 1.88. The van der Waals surface area contributed by atoms with Crippen molar-refractivity contribution in [3.05, 3.63) is 35.4 Å². The topological polar surface area (TPSA) is 0 Å². The van der Waals surface area contributed by atoms with E-state index >= 15 is 0 Å². The van der Waals surface area contributed by atoms with Crippen LogP contribution in [0.4, 0.5) is 13.2 Å². The molecule has 76 valence electrons. The van der Waals surface area contributed by atoms with Crippen molar-refractivity contribution in [3.63, 3.8) is 0 Å². The minimum Gasteiger partial charge on any atom is -0.166 e. The molecule has 3 heteroatoms. The lowest BCUT2D eigenvalue weighted by molar-refractivity contribution is -0.137. The zero-order chi connectivity index (χ0) is 10.4. The predicted octanol–water partition coefficient (Wildman–Crippen LogP) is 3.76. The van der Waals surface area contributed by atoms with E-state index in [-0.39, 0.29) is 5.41 Å². The number of alkyl halides is 3. The molecule has 0 aromatic heterocycles. The first-order valence-corrected chi connectivity index (χ1v) is 4.60. The summed E-state index contributed by atoms with van der Waals surface area (Å²) >= 11 is 0. The van der Waals surface area contributed by atoms with Gasteiger partial charge in [-0.25, -0.2) is 0 Å². The van der Waals surface area contributed by atoms with Crippen LogP contribution in [-0.2, 0) is 11.6 Å². The van der Waals surface area contributed by atoms with Crippen LogP contribution in [-0.4, -0.2) is 0 Å². The minimum absolute atomic E-state index is 0.143. The Balaban J connectivity index is 2.27. The minimum atomic E-state index is -4.22. The molecule has 14 heavy (non-hydrogen) atoms. The SMILES string of the molecule is CC1(c2ccc(C(F)(F)F)cc2)CC1. The first-order chi connectivity index (χ1) is 6.42. The molecule has 0 aliphatic heterocycles. The van der Waals surface area contributed by atoms with Crippen LogP contribution in [0.3, 0.4) is 0 Å². The van der Waals surface area contributed by atoms with Crippen molar-refractivity contribution in [1.29, 1.82) is 0 Å². The summed E-state index contributed by atoms with van der Waals surface area (Å²) in [7, 11) is 0. The second-order valence-electron chi connectivity index (χ2n) is 4.14. The third-order valence-electron chi connectivity index (χ3n) is 2.91. The van der Waals surface area contributed by atoms with Gasteiger partial charge in [-0.2, -0.15) is 13.2 Å². The molecule has 0 amide bonds. The molecule has 0 radical (unpaired) electrons. The lowest BCUT2D eigenvalue weighted by Crippen LogP contribution is -2.06. The van der Waals surface area contributed by atoms with Gasteiger partial charge in [0.25, 0.3) is 0 Å². The predicted molar refractivity (Wildman–Crippen MR) is 48.0 cm³/mol. The molecule has 1 aromatic rings. The van der Waals surface area contributed by atoms with Crippen LogP contribution in [0.1, 0.15) is 30.9 Å². The molecule has 0 bridgehead atoms. The molecule has 1 saturated carbocycles. The lowest BCUT2D eigenvalue weighted by Gasteiger charge is -2.11. The van der Waals surface area contributed by atoms with Crippen molar-refractivity contribution in [2.45, 2.75) is 31.4 Å². The van der Waals surface area contributed by atoms with Gasteiger partial charge in [0.2, 0.25) is 0 Å². The zero-order valence-electron chi connectivity index (χ0n) is 7.86. The average Bonchev–Trinajstić information content (AvgIpc) is 2.84. The van der Waals surface area contributed by atoms with E-state index in [1.807, 2.05) is 0 Å². The summed E-state index contributed by atoms with van der Waals surface area (Å²) in [5.41, 5.74) is 0.598. The van der Waals surface area contributed by atoms with Crippen molar-refractivity contribution in [2.24, 2.45) is 0 Å². The lowest BCUT2D eigenvalue weighted by atomic mass is 9.97. The molecule has 1 aromatic carbocycles. The van der Waals surface area contributed by atoms with Gasteiger partial charge in [0, 0.05) is 0 Å². The third-order valence-corrected chi connectivity index (χ3v) is 2.91. The van der Waals surface area contributed by atoms with Gasteiger partial charge >= 0.3 is 6.18 Å². The Morgan fingerprint density at radius 2 is 1.57 bits per heavy atom. The highest BCUT2D eigenvalue weighted by Gasteiger charge is 2.39. The summed E-state index contributed by atoms with van der Waals surface area (Å²) in [6.45, 7) is 2.08. The first kappa shape index (κ1) is 9.56. The Bertz CT molecular complexity index is 306. The molecule has 0 nitrogen and oxygen atoms in total. The molecule has 0 heterocycles. The number of benzene rings is 1. The highest BCUT2D eigenvalue weighted by molar-refractivity contribution is 5.33. The van der Waals surface area contributed by atoms with Crippen molar-refractivity contribution < 1.29 is 13.2 Å². The maximum absolute atomic E-state index is 12.2. The summed E-state index contributed by atoms with van der Waals surface area (Å²) < 4.78 is 36.7. The Labute approximate surface area is 80.7 Å². The standard InChI is InChI=1S/C11H11F3/c1-10(6-7-10)8-2-4-9(5-3-8)11(12,13)14/h2-5H,6-7H2,1H3. The highest BCUT2D eigenvalue weighted by Crippen LogP contribution is 2.47. The Hall–Kier alpha value is -0.990. The average molecular weight is 200 g/mol. The highest BCUT2D eigenvalue weighted by atomic mass is 19.4. The van der Waals surface area contributed by atoms with E-state index < -0.39 is 11.7 Å². The second-order valence-corrected chi connectivity index (χ2v) is 4.14. The van der Waals surface area contributed by atoms with Crippen LogP contribution in [0.25, 0.3) is 0 Å². The quantitative estimate of drug-likeness (QED) is 0.647. The van der Waals surface area contributed by atoms with Crippen LogP contribution in [0.15, 0.2) is 24.3 Å². The summed E-state index contributed by atoms with van der Waals surface area (Å²) in [4.78, 5) is 0. The summed E-state index contributed by atoms with van der Waals surface area (Å²) in [5, 5.41) is 0. The fraction of sp³-hybridized carbons (Fsp3) is 0.455. The molecule has 0 saturated heterocycles. The van der Waals surface area contributed by atoms with Gasteiger partial charge in [-0.3, -0.25) is 0 Å². The van der Waals surface area contributed by atoms with Crippen molar-refractivity contribution in [2.75, 3.05) is 0 Å². The van der Waals surface area contributed by atoms with E-state index in [9.17, 15) is 13.2 Å². The van der Waals surface area contributed by atoms with Crippen LogP contribution in [0.5, 0.6) is 0 Å². The van der Waals surface area contributed by atoms with Gasteiger partial charge in [-0.05, 0) is 36.0 Å². The van der Waals surface area contributed by atoms with E-state index in [0.29, 0.717) is 0 Å². The number of hydrogen-bond donors (Lipinski definition) is 0. The van der Waals surface area contributed by atoms with E-state index in [2.05, 4.69) is 6.92 Å². The maximum Gasteiger partial charge on any atom is 0.416 e. The van der Waals surface area contributed by atoms with E-state index in [1.54, 1.807) is 12.1 Å². The van der Waals surface area contributed by atoms with Gasteiger partial charge in [-0.1, -0.05) is 19.1 Å². The van der Waals surface area contributed by atoms with Crippen molar-refractivity contribution >= 4 is 0 Å². The van der Waals surface area contributed by atoms with Crippen LogP contribution >= 0.6 is 0 Å². The number of rotatable bonds is 1. The summed E-state index contributed by atoms with van der Waals surface area (Å²) in [5.74, 6) is 0. The van der Waals surface area contributed by atoms with Crippen LogP contribution < -0.4 is 0 Å². The first-order valence-electron chi connectivity index (χ1n) is 4.60. The molecule has 1 aliphatic carbocycles. The molecule has 0 N–H and O–H groups in total. The molecule has 0 unspecified atom stereocenters. The number of halogens is 3. The van der Waals surface area contributed by atoms with Gasteiger partial charge in [0.1, 0.15) is 0 Å². The van der Waals surface area contributed by atoms with E-state index in [1.165, 1.54) is 12.1 Å². The monoisotopic (exact) mass is 200 g/mol. The fourth-order valence-corrected chi connectivity index (χ4v) is 1.54. The van der Waals surface area contributed by atoms with Gasteiger partial charge in [0.05, 0.1) is 5.56 Å². The molecule has 0 atom stereocenters. The smallest absolute Gasteiger partial charge is 0.166 e. The van der Waals surface area contributed by atoms with Gasteiger partial charge < -0.3 is 0 Å². The molecule has 1 aliphatic rings. The molecular formula is C11H11F3. The van der Waals surface area contributed by atoms with Gasteiger partial charge in [0.15, 0.2) is 0 Å². The third kappa shape index (κ3) is 1.63. The molecule has 0 spiro atoms. The van der Waals surface area contributed by atoms with Gasteiger partial charge in [-0.15, -0.1) is 0 Å². The molecule has 2 rings (SSSR count). The van der Waals surface area contributed by atoms with Crippen molar-refractivity contribution in [3.8, 4) is 0 Å². The maximum atomic E-state index is 12.2. The van der Waals surface area contributed by atoms with Crippen LogP contribution in [0, 0.1) is 0 Å². The molecular weight excluding hydrogens is 189 g/mol. The Morgan fingerprint density at radius 1 is 1.07 bits per heavy atom. The zero-order valence-corrected chi connectivity index (χ0v) is 7.86. The molecule has 1 fully saturated rings. The second kappa shape index (κ2) is 2.75. The fourth-order valence-electron chi connectivity index (χ4n) is 1.54. The summed E-state index contributed by atoms with van der Waals surface area (Å²) in [6, 6.07) is 5.52. The van der Waals surface area contributed by atoms with Crippen molar-refractivity contribution in [1.82, 2.24) is 0 Å². The van der Waals surface area contributed by atoms with E-state index in [0.717, 1.165) is 18.4 Å². The normalized spacial score (nSPS) is 19.4. The van der Waals surface area contributed by atoms with Crippen LogP contribution in [0.2, 0.25) is 0 Å². The largest absolute Gasteiger partial charge is 0.416 e. The number of hydrogen-bond acceptors (Lipinski definition) is 0. The van der Waals surface area contributed by atoms with E-state index in [4.69, 9.17) is 0 Å².